The van der Waals surface area contributed by atoms with Crippen molar-refractivity contribution in [3.05, 3.63) is 81.8 Å². The summed E-state index contributed by atoms with van der Waals surface area (Å²) in [6.07, 6.45) is 2.88. The molecule has 0 aliphatic carbocycles. The lowest BCUT2D eigenvalue weighted by Gasteiger charge is -2.21. The number of carbonyl (C=O) groups excluding carboxylic acids is 1. The molecule has 1 aliphatic rings. The third kappa shape index (κ3) is 3.06. The summed E-state index contributed by atoms with van der Waals surface area (Å²) in [5, 5.41) is 8.38. The number of aromatic amines is 1. The van der Waals surface area contributed by atoms with Crippen molar-refractivity contribution in [3.63, 3.8) is 0 Å². The summed E-state index contributed by atoms with van der Waals surface area (Å²) in [7, 11) is 2.01. The molecule has 31 heavy (non-hydrogen) atoms. The van der Waals surface area contributed by atoms with E-state index in [0.29, 0.717) is 24.1 Å². The lowest BCUT2D eigenvalue weighted by Crippen LogP contribution is -2.26. The number of pyridine rings is 1. The largest absolute Gasteiger partial charge is 0.351 e. The maximum Gasteiger partial charge on any atom is 0.257 e. The van der Waals surface area contributed by atoms with Gasteiger partial charge < -0.3 is 9.55 Å². The third-order valence-electron chi connectivity index (χ3n) is 6.24. The molecule has 0 saturated heterocycles. The molecule has 1 N–H and O–H groups in total. The summed E-state index contributed by atoms with van der Waals surface area (Å²) >= 11 is 0. The molecule has 1 atom stereocenters. The number of aromatic nitrogens is 2. The molecule has 156 valence electrons. The van der Waals surface area contributed by atoms with Crippen molar-refractivity contribution in [2.75, 3.05) is 0 Å². The molecule has 6 nitrogen and oxygen atoms in total. The zero-order valence-electron chi connectivity index (χ0n) is 17.8. The van der Waals surface area contributed by atoms with Crippen LogP contribution in [0.3, 0.4) is 0 Å². The fourth-order valence-corrected chi connectivity index (χ4v) is 4.56. The van der Waals surface area contributed by atoms with Gasteiger partial charge >= 0.3 is 0 Å². The maximum absolute atomic E-state index is 13.0. The quantitative estimate of drug-likeness (QED) is 0.541. The molecule has 2 aromatic heterocycles. The normalized spacial score (nSPS) is 16.3. The van der Waals surface area contributed by atoms with Gasteiger partial charge in [0, 0.05) is 42.5 Å². The summed E-state index contributed by atoms with van der Waals surface area (Å²) in [5.41, 5.74) is 4.87. The third-order valence-corrected chi connectivity index (χ3v) is 6.24. The highest BCUT2D eigenvalue weighted by Gasteiger charge is 2.34. The lowest BCUT2D eigenvalue weighted by molar-refractivity contribution is -0.132. The minimum atomic E-state index is -0.230. The second-order valence-electron chi connectivity index (χ2n) is 8.10. The predicted molar refractivity (Wildman–Crippen MR) is 123 cm³/mol. The highest BCUT2D eigenvalue weighted by atomic mass is 16.2. The average molecular weight is 412 g/mol. The summed E-state index contributed by atoms with van der Waals surface area (Å²) in [6, 6.07) is 15.8. The van der Waals surface area contributed by atoms with Crippen LogP contribution in [0.25, 0.3) is 21.8 Å². The minimum absolute atomic E-state index is 0.0538. The van der Waals surface area contributed by atoms with Gasteiger partial charge in [0.15, 0.2) is 0 Å². The smallest absolute Gasteiger partial charge is 0.257 e. The molecule has 6 heteroatoms. The number of benzene rings is 2. The van der Waals surface area contributed by atoms with Gasteiger partial charge in [0.25, 0.3) is 5.56 Å². The number of amides is 1. The van der Waals surface area contributed by atoms with E-state index in [9.17, 15) is 9.59 Å². The number of rotatable bonds is 3. The molecule has 4 aromatic rings. The van der Waals surface area contributed by atoms with Crippen LogP contribution >= 0.6 is 0 Å². The number of hydrogen-bond donors (Lipinski definition) is 1. The Bertz CT molecular complexity index is 1430. The Morgan fingerprint density at radius 2 is 2.00 bits per heavy atom. The monoisotopic (exact) mass is 412 g/mol. The van der Waals surface area contributed by atoms with Crippen LogP contribution in [0, 0.1) is 6.92 Å². The second kappa shape index (κ2) is 7.23. The Balaban J connectivity index is 1.63. The zero-order valence-corrected chi connectivity index (χ0v) is 17.8. The van der Waals surface area contributed by atoms with E-state index in [4.69, 9.17) is 0 Å². The van der Waals surface area contributed by atoms with Gasteiger partial charge in [0.1, 0.15) is 0 Å². The van der Waals surface area contributed by atoms with Gasteiger partial charge in [-0.3, -0.25) is 9.59 Å². The van der Waals surface area contributed by atoms with Gasteiger partial charge in [-0.15, -0.1) is 0 Å². The fraction of sp³-hybridized carbons (Fsp3) is 0.240. The Kier molecular flexibility index (Phi) is 4.50. The van der Waals surface area contributed by atoms with Crippen molar-refractivity contribution in [2.24, 2.45) is 12.1 Å². The van der Waals surface area contributed by atoms with E-state index >= 15 is 0 Å². The molecular formula is C25H24N4O2. The lowest BCUT2D eigenvalue weighted by atomic mass is 9.95. The molecule has 0 fully saturated rings. The Morgan fingerprint density at radius 1 is 1.19 bits per heavy atom. The first-order chi connectivity index (χ1) is 15.0. The minimum Gasteiger partial charge on any atom is -0.351 e. The van der Waals surface area contributed by atoms with Crippen molar-refractivity contribution in [3.8, 4) is 0 Å². The van der Waals surface area contributed by atoms with E-state index in [1.54, 1.807) is 5.01 Å². The SMILES string of the molecule is CCC(=O)N1N=C(c2c(C)c3ccccc3[nH]c2=O)CC1c1ccc2ccn(C)c2c1. The number of aryl methyl sites for hydroxylation is 2. The Morgan fingerprint density at radius 3 is 2.81 bits per heavy atom. The van der Waals surface area contributed by atoms with E-state index in [2.05, 4.69) is 38.9 Å². The van der Waals surface area contributed by atoms with Gasteiger partial charge in [0.05, 0.1) is 17.3 Å². The average Bonchev–Trinajstić information content (AvgIpc) is 3.37. The van der Waals surface area contributed by atoms with E-state index in [1.165, 1.54) is 0 Å². The standard InChI is InChI=1S/C25H24N4O2/c1-4-23(30)29-22(17-10-9-16-11-12-28(3)21(16)13-17)14-20(27-29)24-15(2)18-7-5-6-8-19(18)26-25(24)31/h5-13,22H,4,14H2,1-3H3,(H,26,31). The number of H-pyrrole nitrogens is 1. The molecule has 0 bridgehead atoms. The molecule has 0 spiro atoms. The highest BCUT2D eigenvalue weighted by molar-refractivity contribution is 6.06. The van der Waals surface area contributed by atoms with E-state index in [-0.39, 0.29) is 17.5 Å². The first-order valence-corrected chi connectivity index (χ1v) is 10.5. The molecule has 1 aliphatic heterocycles. The van der Waals surface area contributed by atoms with E-state index in [0.717, 1.165) is 32.9 Å². The van der Waals surface area contributed by atoms with Crippen LogP contribution in [0.1, 0.15) is 42.5 Å². The topological polar surface area (TPSA) is 70.5 Å². The van der Waals surface area contributed by atoms with Crippen LogP contribution in [-0.4, -0.2) is 26.2 Å². The molecule has 1 amide bonds. The van der Waals surface area contributed by atoms with Crippen LogP contribution < -0.4 is 5.56 Å². The number of para-hydroxylation sites is 1. The van der Waals surface area contributed by atoms with Crippen LogP contribution in [-0.2, 0) is 11.8 Å². The van der Waals surface area contributed by atoms with Crippen LogP contribution in [0.5, 0.6) is 0 Å². The summed E-state index contributed by atoms with van der Waals surface area (Å²) in [6.45, 7) is 3.78. The number of hydrazone groups is 1. The zero-order chi connectivity index (χ0) is 21.7. The van der Waals surface area contributed by atoms with Gasteiger partial charge in [-0.25, -0.2) is 5.01 Å². The molecule has 0 saturated carbocycles. The molecular weight excluding hydrogens is 388 g/mol. The molecule has 3 heterocycles. The number of nitrogens with one attached hydrogen (secondary N) is 1. The van der Waals surface area contributed by atoms with Crippen molar-refractivity contribution in [2.45, 2.75) is 32.7 Å². The van der Waals surface area contributed by atoms with Crippen molar-refractivity contribution >= 4 is 33.4 Å². The number of hydrogen-bond acceptors (Lipinski definition) is 3. The Hall–Kier alpha value is -3.67. The van der Waals surface area contributed by atoms with Crippen LogP contribution in [0.4, 0.5) is 0 Å². The fourth-order valence-electron chi connectivity index (χ4n) is 4.56. The second-order valence-corrected chi connectivity index (χ2v) is 8.10. The summed E-state index contributed by atoms with van der Waals surface area (Å²) in [5.74, 6) is -0.0538. The molecule has 2 aromatic carbocycles. The molecule has 0 radical (unpaired) electrons. The highest BCUT2D eigenvalue weighted by Crippen LogP contribution is 2.35. The van der Waals surface area contributed by atoms with Gasteiger partial charge in [0.2, 0.25) is 5.91 Å². The maximum atomic E-state index is 13.0. The molecule has 5 rings (SSSR count). The van der Waals surface area contributed by atoms with Gasteiger partial charge in [-0.05, 0) is 41.6 Å². The number of nitrogens with zero attached hydrogens (tertiary/aromatic N) is 3. The first-order valence-electron chi connectivity index (χ1n) is 10.5. The van der Waals surface area contributed by atoms with Crippen LogP contribution in [0.2, 0.25) is 0 Å². The van der Waals surface area contributed by atoms with Crippen molar-refractivity contribution < 1.29 is 4.79 Å². The van der Waals surface area contributed by atoms with Crippen molar-refractivity contribution in [1.29, 1.82) is 0 Å². The van der Waals surface area contributed by atoms with Crippen molar-refractivity contribution in [1.82, 2.24) is 14.6 Å². The van der Waals surface area contributed by atoms with E-state index in [1.807, 2.05) is 51.4 Å². The van der Waals surface area contributed by atoms with Gasteiger partial charge in [-0.2, -0.15) is 5.10 Å². The summed E-state index contributed by atoms with van der Waals surface area (Å²) < 4.78 is 2.07. The predicted octanol–water partition coefficient (Wildman–Crippen LogP) is 4.42. The van der Waals surface area contributed by atoms with Gasteiger partial charge in [-0.1, -0.05) is 37.3 Å². The number of fused-ring (bicyclic) bond motifs is 2. The van der Waals surface area contributed by atoms with E-state index < -0.39 is 0 Å². The molecule has 1 unspecified atom stereocenters. The Labute approximate surface area is 179 Å². The first kappa shape index (κ1) is 19.3. The van der Waals surface area contributed by atoms with Crippen LogP contribution in [0.15, 0.2) is 64.6 Å². The summed E-state index contributed by atoms with van der Waals surface area (Å²) in [4.78, 5) is 28.7. The number of carbonyl (C=O) groups is 1.